The molecule has 102 valence electrons. The number of thiophene rings is 1. The van der Waals surface area contributed by atoms with Gasteiger partial charge in [0, 0.05) is 24.1 Å². The summed E-state index contributed by atoms with van der Waals surface area (Å²) in [6.07, 6.45) is 4.51. The Hall–Kier alpha value is 0.1000. The maximum Gasteiger partial charge on any atom is 0.0701 e. The Labute approximate surface area is 122 Å². The summed E-state index contributed by atoms with van der Waals surface area (Å²) in [4.78, 5) is 1.40. The molecule has 18 heavy (non-hydrogen) atoms. The van der Waals surface area contributed by atoms with Gasteiger partial charge in [0.05, 0.1) is 9.39 Å². The summed E-state index contributed by atoms with van der Waals surface area (Å²) < 4.78 is 7.22. The van der Waals surface area contributed by atoms with E-state index in [0.717, 1.165) is 38.8 Å². The topological polar surface area (TPSA) is 21.3 Å². The highest BCUT2D eigenvalue weighted by molar-refractivity contribution is 9.11. The van der Waals surface area contributed by atoms with Gasteiger partial charge in [-0.05, 0) is 53.7 Å². The molecule has 1 fully saturated rings. The van der Waals surface area contributed by atoms with Gasteiger partial charge in [-0.3, -0.25) is 0 Å². The van der Waals surface area contributed by atoms with E-state index in [0.29, 0.717) is 6.04 Å². The van der Waals surface area contributed by atoms with Gasteiger partial charge in [-0.2, -0.15) is 0 Å². The smallest absolute Gasteiger partial charge is 0.0701 e. The Bertz CT molecular complexity index is 376. The Morgan fingerprint density at radius 1 is 1.44 bits per heavy atom. The Morgan fingerprint density at radius 3 is 2.83 bits per heavy atom. The van der Waals surface area contributed by atoms with Crippen molar-refractivity contribution in [1.82, 2.24) is 5.32 Å². The van der Waals surface area contributed by atoms with Crippen LogP contribution in [0.4, 0.5) is 0 Å². The number of hydrogen-bond donors (Lipinski definition) is 1. The van der Waals surface area contributed by atoms with Crippen molar-refractivity contribution in [2.24, 2.45) is 0 Å². The van der Waals surface area contributed by atoms with Crippen LogP contribution < -0.4 is 5.32 Å². The summed E-state index contributed by atoms with van der Waals surface area (Å²) in [7, 11) is 0. The van der Waals surface area contributed by atoms with E-state index in [9.17, 15) is 0 Å². The largest absolute Gasteiger partial charge is 0.375 e. The predicted molar refractivity (Wildman–Crippen MR) is 81.1 cm³/mol. The monoisotopic (exact) mass is 331 g/mol. The standard InChI is InChI=1S/C14H22BrNOS/c1-3-14(4-2)9-11(7-8-17-14)16-10-12-5-6-13(15)18-12/h5-6,11,16H,3-4,7-10H2,1-2H3. The van der Waals surface area contributed by atoms with Crippen LogP contribution in [0, 0.1) is 0 Å². The van der Waals surface area contributed by atoms with Gasteiger partial charge >= 0.3 is 0 Å². The minimum atomic E-state index is 0.117. The third-order valence-electron chi connectivity index (χ3n) is 3.98. The lowest BCUT2D eigenvalue weighted by Crippen LogP contribution is -2.46. The Kier molecular flexibility index (Phi) is 5.24. The molecule has 1 unspecified atom stereocenters. The lowest BCUT2D eigenvalue weighted by molar-refractivity contribution is -0.0931. The van der Waals surface area contributed by atoms with Crippen LogP contribution >= 0.6 is 27.3 Å². The zero-order chi connectivity index (χ0) is 13.0. The second-order valence-electron chi connectivity index (χ2n) is 5.02. The molecule has 0 saturated carbocycles. The van der Waals surface area contributed by atoms with Crippen molar-refractivity contribution in [3.8, 4) is 0 Å². The first-order valence-electron chi connectivity index (χ1n) is 6.79. The summed E-state index contributed by atoms with van der Waals surface area (Å²) in [6.45, 7) is 6.35. The molecule has 0 bridgehead atoms. The minimum absolute atomic E-state index is 0.117. The molecule has 0 aromatic carbocycles. The number of hydrogen-bond acceptors (Lipinski definition) is 3. The van der Waals surface area contributed by atoms with E-state index in [4.69, 9.17) is 4.74 Å². The fourth-order valence-corrected chi connectivity index (χ4v) is 4.07. The number of halogens is 1. The molecule has 1 saturated heterocycles. The molecule has 4 heteroatoms. The molecule has 2 rings (SSSR count). The summed E-state index contributed by atoms with van der Waals surface area (Å²) in [5.74, 6) is 0. The van der Waals surface area contributed by atoms with E-state index in [-0.39, 0.29) is 5.60 Å². The van der Waals surface area contributed by atoms with Crippen LogP contribution in [0.2, 0.25) is 0 Å². The van der Waals surface area contributed by atoms with E-state index >= 15 is 0 Å². The molecule has 1 atom stereocenters. The highest BCUT2D eigenvalue weighted by atomic mass is 79.9. The summed E-state index contributed by atoms with van der Waals surface area (Å²) in [5, 5.41) is 3.68. The van der Waals surface area contributed by atoms with Crippen molar-refractivity contribution in [1.29, 1.82) is 0 Å². The van der Waals surface area contributed by atoms with Gasteiger partial charge in [-0.25, -0.2) is 0 Å². The SMILES string of the molecule is CCC1(CC)CC(NCc2ccc(Br)s2)CCO1. The van der Waals surface area contributed by atoms with Crippen LogP contribution in [-0.4, -0.2) is 18.2 Å². The summed E-state index contributed by atoms with van der Waals surface area (Å²) in [5.41, 5.74) is 0.117. The highest BCUT2D eigenvalue weighted by Gasteiger charge is 2.34. The van der Waals surface area contributed by atoms with Gasteiger partial charge in [0.25, 0.3) is 0 Å². The minimum Gasteiger partial charge on any atom is -0.375 e. The molecule has 1 aliphatic heterocycles. The summed E-state index contributed by atoms with van der Waals surface area (Å²) >= 11 is 5.32. The molecule has 1 aromatic heterocycles. The zero-order valence-corrected chi connectivity index (χ0v) is 13.6. The molecule has 2 nitrogen and oxygen atoms in total. The van der Waals surface area contributed by atoms with Crippen LogP contribution in [0.3, 0.4) is 0 Å². The van der Waals surface area contributed by atoms with Crippen molar-refractivity contribution >= 4 is 27.3 Å². The maximum absolute atomic E-state index is 6.01. The number of nitrogens with one attached hydrogen (secondary N) is 1. The van der Waals surface area contributed by atoms with Crippen molar-refractivity contribution in [2.75, 3.05) is 6.61 Å². The molecule has 0 spiro atoms. The van der Waals surface area contributed by atoms with E-state index in [1.165, 1.54) is 8.66 Å². The third-order valence-corrected chi connectivity index (χ3v) is 5.60. The highest BCUT2D eigenvalue weighted by Crippen LogP contribution is 2.31. The van der Waals surface area contributed by atoms with Gasteiger partial charge in [0.1, 0.15) is 0 Å². The Balaban J connectivity index is 1.86. The first-order valence-corrected chi connectivity index (χ1v) is 8.40. The van der Waals surface area contributed by atoms with Crippen LogP contribution in [0.5, 0.6) is 0 Å². The van der Waals surface area contributed by atoms with E-state index < -0.39 is 0 Å². The molecular weight excluding hydrogens is 310 g/mol. The van der Waals surface area contributed by atoms with E-state index in [2.05, 4.69) is 47.2 Å². The average Bonchev–Trinajstić information content (AvgIpc) is 2.82. The zero-order valence-electron chi connectivity index (χ0n) is 11.2. The van der Waals surface area contributed by atoms with Crippen LogP contribution in [-0.2, 0) is 11.3 Å². The fourth-order valence-electron chi connectivity index (χ4n) is 2.64. The van der Waals surface area contributed by atoms with Crippen molar-refractivity contribution in [3.05, 3.63) is 20.8 Å². The van der Waals surface area contributed by atoms with E-state index in [1.54, 1.807) is 0 Å². The lowest BCUT2D eigenvalue weighted by Gasteiger charge is -2.40. The van der Waals surface area contributed by atoms with Crippen molar-refractivity contribution < 1.29 is 4.74 Å². The first kappa shape index (κ1) is 14.5. The molecule has 1 aliphatic rings. The average molecular weight is 332 g/mol. The predicted octanol–water partition coefficient (Wildman–Crippen LogP) is 4.34. The second-order valence-corrected chi connectivity index (χ2v) is 7.56. The molecule has 0 amide bonds. The first-order chi connectivity index (χ1) is 8.67. The van der Waals surface area contributed by atoms with Crippen LogP contribution in [0.25, 0.3) is 0 Å². The number of ether oxygens (including phenoxy) is 1. The molecule has 2 heterocycles. The van der Waals surface area contributed by atoms with Gasteiger partial charge in [0.15, 0.2) is 0 Å². The number of rotatable bonds is 5. The molecule has 0 radical (unpaired) electrons. The quantitative estimate of drug-likeness (QED) is 0.866. The van der Waals surface area contributed by atoms with E-state index in [1.807, 2.05) is 11.3 Å². The Morgan fingerprint density at radius 2 is 2.22 bits per heavy atom. The van der Waals surface area contributed by atoms with Crippen LogP contribution in [0.15, 0.2) is 15.9 Å². The molecular formula is C14H22BrNOS. The second kappa shape index (κ2) is 6.51. The summed E-state index contributed by atoms with van der Waals surface area (Å²) in [6, 6.07) is 4.90. The van der Waals surface area contributed by atoms with Crippen molar-refractivity contribution in [3.63, 3.8) is 0 Å². The van der Waals surface area contributed by atoms with Gasteiger partial charge in [-0.15, -0.1) is 11.3 Å². The lowest BCUT2D eigenvalue weighted by atomic mass is 9.86. The molecule has 0 aliphatic carbocycles. The normalized spacial score (nSPS) is 23.2. The fraction of sp³-hybridized carbons (Fsp3) is 0.714. The molecule has 1 N–H and O–H groups in total. The van der Waals surface area contributed by atoms with Crippen molar-refractivity contribution in [2.45, 2.75) is 57.7 Å². The third kappa shape index (κ3) is 3.56. The molecule has 1 aromatic rings. The van der Waals surface area contributed by atoms with Gasteiger partial charge in [0.2, 0.25) is 0 Å². The maximum atomic E-state index is 6.01. The van der Waals surface area contributed by atoms with Gasteiger partial charge < -0.3 is 10.1 Å². The van der Waals surface area contributed by atoms with Gasteiger partial charge in [-0.1, -0.05) is 13.8 Å². The van der Waals surface area contributed by atoms with Crippen LogP contribution in [0.1, 0.15) is 44.4 Å².